The molecule has 0 unspecified atom stereocenters. The lowest BCUT2D eigenvalue weighted by Crippen LogP contribution is -1.94. The van der Waals surface area contributed by atoms with Crippen LogP contribution in [0.4, 0.5) is 5.95 Å². The summed E-state index contributed by atoms with van der Waals surface area (Å²) in [6, 6.07) is 0.416. The number of aromatic nitrogens is 3. The molecule has 6 heteroatoms. The van der Waals surface area contributed by atoms with Gasteiger partial charge in [-0.1, -0.05) is 0 Å². The van der Waals surface area contributed by atoms with Gasteiger partial charge in [-0.05, 0) is 0 Å². The summed E-state index contributed by atoms with van der Waals surface area (Å²) in [6.07, 6.45) is 1.35. The topological polar surface area (TPSA) is 69.4 Å². The molecule has 6 nitrogen and oxygen atoms in total. The van der Waals surface area contributed by atoms with Gasteiger partial charge in [0.2, 0.25) is 6.08 Å². The zero-order valence-corrected chi connectivity index (χ0v) is 5.52. The first kappa shape index (κ1) is 6.06. The molecule has 1 aliphatic rings. The highest BCUT2D eigenvalue weighted by Gasteiger charge is 2.15. The summed E-state index contributed by atoms with van der Waals surface area (Å²) >= 11 is 0. The van der Waals surface area contributed by atoms with E-state index >= 15 is 0 Å². The molecule has 0 aromatic carbocycles. The number of carbonyl (C=O) groups excluding carboxylic acids is 1. The number of isocyanates is 1. The standard InChI is InChI=1S/C5H4N4O2/c10-3-6-4-7-5-9(8-4)1-2-11-5/h1-2H2. The monoisotopic (exact) mass is 152 g/mol. The normalized spacial score (nSPS) is 13.5. The lowest BCUT2D eigenvalue weighted by molar-refractivity contribution is 0.345. The smallest absolute Gasteiger partial charge is 0.316 e. The minimum atomic E-state index is 0.106. The average molecular weight is 152 g/mol. The van der Waals surface area contributed by atoms with Gasteiger partial charge in [0, 0.05) is 0 Å². The molecule has 0 radical (unpaired) electrons. The third-order valence-electron chi connectivity index (χ3n) is 1.31. The summed E-state index contributed by atoms with van der Waals surface area (Å²) in [7, 11) is 0. The summed E-state index contributed by atoms with van der Waals surface area (Å²) in [5, 5.41) is 3.83. The number of fused-ring (bicyclic) bond motifs is 1. The molecular weight excluding hydrogens is 148 g/mol. The fraction of sp³-hybridized carbons (Fsp3) is 0.400. The second kappa shape index (κ2) is 2.17. The number of hydrogen-bond acceptors (Lipinski definition) is 5. The minimum absolute atomic E-state index is 0.106. The highest BCUT2D eigenvalue weighted by atomic mass is 16.5. The number of aliphatic imine (C=N–C) groups is 1. The van der Waals surface area contributed by atoms with Crippen LogP contribution < -0.4 is 4.74 Å². The average Bonchev–Trinajstić information content (AvgIpc) is 2.46. The molecule has 0 bridgehead atoms. The Labute approximate surface area is 61.5 Å². The molecule has 11 heavy (non-hydrogen) atoms. The van der Waals surface area contributed by atoms with Crippen molar-refractivity contribution >= 4 is 12.0 Å². The molecule has 0 atom stereocenters. The van der Waals surface area contributed by atoms with E-state index in [2.05, 4.69) is 15.1 Å². The zero-order chi connectivity index (χ0) is 7.68. The first-order valence-electron chi connectivity index (χ1n) is 3.05. The second-order valence-electron chi connectivity index (χ2n) is 1.97. The van der Waals surface area contributed by atoms with Gasteiger partial charge in [-0.25, -0.2) is 9.48 Å². The highest BCUT2D eigenvalue weighted by molar-refractivity contribution is 5.40. The summed E-state index contributed by atoms with van der Waals surface area (Å²) in [6.45, 7) is 1.25. The van der Waals surface area contributed by atoms with Crippen LogP contribution in [0.1, 0.15) is 0 Å². The Morgan fingerprint density at radius 3 is 3.36 bits per heavy atom. The molecule has 0 saturated carbocycles. The molecule has 1 aromatic heterocycles. The van der Waals surface area contributed by atoms with Crippen molar-refractivity contribution in [3.63, 3.8) is 0 Å². The molecule has 2 rings (SSSR count). The molecule has 0 saturated heterocycles. The molecule has 56 valence electrons. The zero-order valence-electron chi connectivity index (χ0n) is 5.52. The summed E-state index contributed by atoms with van der Waals surface area (Å²) in [5.41, 5.74) is 0. The van der Waals surface area contributed by atoms with Gasteiger partial charge < -0.3 is 4.74 Å². The Morgan fingerprint density at radius 1 is 1.73 bits per heavy atom. The van der Waals surface area contributed by atoms with Crippen molar-refractivity contribution in [2.75, 3.05) is 6.61 Å². The van der Waals surface area contributed by atoms with Crippen molar-refractivity contribution in [1.29, 1.82) is 0 Å². The van der Waals surface area contributed by atoms with Gasteiger partial charge in [0.05, 0.1) is 6.54 Å². The van der Waals surface area contributed by atoms with E-state index < -0.39 is 0 Å². The number of ether oxygens (including phenoxy) is 1. The quantitative estimate of drug-likeness (QED) is 0.407. The summed E-state index contributed by atoms with van der Waals surface area (Å²) < 4.78 is 6.58. The molecule has 0 fully saturated rings. The van der Waals surface area contributed by atoms with E-state index in [1.165, 1.54) is 6.08 Å². The predicted octanol–water partition coefficient (Wildman–Crippen LogP) is -0.362. The maximum Gasteiger partial charge on any atom is 0.316 e. The first-order chi connectivity index (χ1) is 5.40. The van der Waals surface area contributed by atoms with Crippen molar-refractivity contribution in [3.05, 3.63) is 0 Å². The van der Waals surface area contributed by atoms with Gasteiger partial charge >= 0.3 is 6.01 Å². The van der Waals surface area contributed by atoms with Crippen LogP contribution in [-0.4, -0.2) is 27.5 Å². The lowest BCUT2D eigenvalue weighted by atomic mass is 10.7. The molecule has 0 aliphatic carbocycles. The number of rotatable bonds is 1. The van der Waals surface area contributed by atoms with Crippen molar-refractivity contribution < 1.29 is 9.53 Å². The maximum atomic E-state index is 9.78. The van der Waals surface area contributed by atoms with Crippen LogP contribution >= 0.6 is 0 Å². The van der Waals surface area contributed by atoms with E-state index in [1.54, 1.807) is 4.68 Å². The van der Waals surface area contributed by atoms with E-state index in [4.69, 9.17) is 4.74 Å². The maximum absolute atomic E-state index is 9.78. The van der Waals surface area contributed by atoms with E-state index in [0.29, 0.717) is 19.2 Å². The summed E-state index contributed by atoms with van der Waals surface area (Å²) in [4.78, 5) is 16.8. The van der Waals surface area contributed by atoms with Gasteiger partial charge in [-0.15, -0.1) is 10.1 Å². The van der Waals surface area contributed by atoms with Crippen LogP contribution in [0.3, 0.4) is 0 Å². The summed E-state index contributed by atoms with van der Waals surface area (Å²) in [5.74, 6) is 0.106. The Morgan fingerprint density at radius 2 is 2.64 bits per heavy atom. The van der Waals surface area contributed by atoms with E-state index in [-0.39, 0.29) is 5.95 Å². The van der Waals surface area contributed by atoms with Gasteiger partial charge in [0.15, 0.2) is 0 Å². The number of hydrogen-bond donors (Lipinski definition) is 0. The van der Waals surface area contributed by atoms with Gasteiger partial charge in [0.1, 0.15) is 6.61 Å². The Kier molecular flexibility index (Phi) is 1.20. The van der Waals surface area contributed by atoms with Crippen molar-refractivity contribution in [3.8, 4) is 6.01 Å². The van der Waals surface area contributed by atoms with Crippen LogP contribution in [0.5, 0.6) is 6.01 Å². The van der Waals surface area contributed by atoms with E-state index in [9.17, 15) is 4.79 Å². The predicted molar refractivity (Wildman–Crippen MR) is 33.3 cm³/mol. The number of nitrogens with zero attached hydrogens (tertiary/aromatic N) is 4. The lowest BCUT2D eigenvalue weighted by Gasteiger charge is -1.83. The van der Waals surface area contributed by atoms with Gasteiger partial charge in [-0.3, -0.25) is 0 Å². The van der Waals surface area contributed by atoms with Crippen LogP contribution in [0.2, 0.25) is 0 Å². The minimum Gasteiger partial charge on any atom is -0.462 e. The molecule has 0 N–H and O–H groups in total. The van der Waals surface area contributed by atoms with Gasteiger partial charge in [-0.2, -0.15) is 4.98 Å². The van der Waals surface area contributed by atoms with Gasteiger partial charge in [0.25, 0.3) is 5.95 Å². The Hall–Kier alpha value is -1.68. The largest absolute Gasteiger partial charge is 0.462 e. The second-order valence-corrected chi connectivity index (χ2v) is 1.97. The first-order valence-corrected chi connectivity index (χ1v) is 3.05. The van der Waals surface area contributed by atoms with Crippen molar-refractivity contribution in [2.45, 2.75) is 6.54 Å². The van der Waals surface area contributed by atoms with Crippen LogP contribution in [0, 0.1) is 0 Å². The Balaban J connectivity index is 2.41. The molecule has 1 aliphatic heterocycles. The molecular formula is C5H4N4O2. The molecule has 0 amide bonds. The molecule has 1 aromatic rings. The molecule has 0 spiro atoms. The highest BCUT2D eigenvalue weighted by Crippen LogP contribution is 2.16. The van der Waals surface area contributed by atoms with E-state index in [1.807, 2.05) is 0 Å². The fourth-order valence-corrected chi connectivity index (χ4v) is 0.880. The SMILES string of the molecule is O=C=Nc1nc2n(n1)CCO2. The molecule has 2 heterocycles. The van der Waals surface area contributed by atoms with Crippen molar-refractivity contribution in [2.24, 2.45) is 4.99 Å². The van der Waals surface area contributed by atoms with Crippen LogP contribution in [0.15, 0.2) is 4.99 Å². The third kappa shape index (κ3) is 0.890. The third-order valence-corrected chi connectivity index (χ3v) is 1.31. The Bertz CT molecular complexity index is 304. The van der Waals surface area contributed by atoms with E-state index in [0.717, 1.165) is 0 Å². The fourth-order valence-electron chi connectivity index (χ4n) is 0.880. The van der Waals surface area contributed by atoms with Crippen LogP contribution in [-0.2, 0) is 11.3 Å². The van der Waals surface area contributed by atoms with Crippen molar-refractivity contribution in [1.82, 2.24) is 14.8 Å². The van der Waals surface area contributed by atoms with Crippen LogP contribution in [0.25, 0.3) is 0 Å².